The van der Waals surface area contributed by atoms with Crippen LogP contribution in [0.4, 0.5) is 0 Å². The van der Waals surface area contributed by atoms with Crippen molar-refractivity contribution in [2.75, 3.05) is 13.2 Å². The molecule has 0 saturated carbocycles. The van der Waals surface area contributed by atoms with Crippen LogP contribution in [0.15, 0.2) is 72.8 Å². The first-order chi connectivity index (χ1) is 15.2. The van der Waals surface area contributed by atoms with Crippen molar-refractivity contribution in [2.24, 2.45) is 0 Å². The molecule has 0 heterocycles. The number of Topliss-reactive ketones (excluding diaryl/α,β-unsaturated/α-hetero) is 2. The maximum atomic E-state index is 11.6. The van der Waals surface area contributed by atoms with E-state index in [1.54, 1.807) is 38.1 Å². The third-order valence-corrected chi connectivity index (χ3v) is 4.72. The second-order valence-electron chi connectivity index (χ2n) is 7.79. The molecule has 6 nitrogen and oxygen atoms in total. The molecular formula is C26H30O6. The normalized spacial score (nSPS) is 12.5. The molecule has 2 aromatic carbocycles. The molecule has 0 aliphatic carbocycles. The second-order valence-corrected chi connectivity index (χ2v) is 7.79. The largest absolute Gasteiger partial charge is 0.491 e. The number of hydrogen-bond acceptors (Lipinski definition) is 6. The highest BCUT2D eigenvalue weighted by atomic mass is 16.5. The van der Waals surface area contributed by atoms with Gasteiger partial charge in [0.05, 0.1) is 12.2 Å². The number of allylic oxidation sites excluding steroid dienone is 2. The number of aliphatic hydroxyl groups excluding tert-OH is 2. The highest BCUT2D eigenvalue weighted by molar-refractivity contribution is 5.94. The maximum absolute atomic E-state index is 11.6. The molecule has 0 saturated heterocycles. The smallest absolute Gasteiger partial charge is 0.160 e. The van der Waals surface area contributed by atoms with Gasteiger partial charge in [0.2, 0.25) is 0 Å². The summed E-state index contributed by atoms with van der Waals surface area (Å²) in [5, 5.41) is 19.8. The van der Waals surface area contributed by atoms with Crippen molar-refractivity contribution in [3.8, 4) is 22.6 Å². The second kappa shape index (κ2) is 12.0. The highest BCUT2D eigenvalue weighted by Crippen LogP contribution is 2.25. The first-order valence-corrected chi connectivity index (χ1v) is 10.4. The SMILES string of the molecule is C=C(C)C(=O)CC(O)COc1ccc(-c2ccc(OCC(O)CC(=O)C(=C)C)cc2)cc1. The molecule has 0 bridgehead atoms. The van der Waals surface area contributed by atoms with Crippen LogP contribution in [0.3, 0.4) is 0 Å². The van der Waals surface area contributed by atoms with Crippen LogP contribution in [0.1, 0.15) is 26.7 Å². The van der Waals surface area contributed by atoms with Gasteiger partial charge in [-0.15, -0.1) is 0 Å². The number of hydrogen-bond donors (Lipinski definition) is 2. The van der Waals surface area contributed by atoms with Crippen LogP contribution in [0.2, 0.25) is 0 Å². The Morgan fingerprint density at radius 2 is 1.03 bits per heavy atom. The number of rotatable bonds is 13. The number of carbonyl (C=O) groups excluding carboxylic acids is 2. The van der Waals surface area contributed by atoms with Crippen molar-refractivity contribution in [2.45, 2.75) is 38.9 Å². The van der Waals surface area contributed by atoms with Crippen LogP contribution in [0, 0.1) is 0 Å². The molecule has 0 aromatic heterocycles. The van der Waals surface area contributed by atoms with Crippen LogP contribution in [-0.4, -0.2) is 47.2 Å². The van der Waals surface area contributed by atoms with Crippen LogP contribution in [-0.2, 0) is 9.59 Å². The third-order valence-electron chi connectivity index (χ3n) is 4.72. The maximum Gasteiger partial charge on any atom is 0.160 e. The number of aliphatic hydroxyl groups is 2. The van der Waals surface area contributed by atoms with Gasteiger partial charge in [-0.05, 0) is 60.4 Å². The van der Waals surface area contributed by atoms with Crippen molar-refractivity contribution < 1.29 is 29.3 Å². The van der Waals surface area contributed by atoms with Crippen LogP contribution in [0.5, 0.6) is 11.5 Å². The van der Waals surface area contributed by atoms with E-state index in [1.165, 1.54) is 0 Å². The zero-order valence-electron chi connectivity index (χ0n) is 18.5. The van der Waals surface area contributed by atoms with Gasteiger partial charge in [-0.2, -0.15) is 0 Å². The molecule has 2 N–H and O–H groups in total. The lowest BCUT2D eigenvalue weighted by molar-refractivity contribution is -0.118. The summed E-state index contributed by atoms with van der Waals surface area (Å²) >= 11 is 0. The van der Waals surface area contributed by atoms with E-state index in [-0.39, 0.29) is 37.6 Å². The summed E-state index contributed by atoms with van der Waals surface area (Å²) in [6.07, 6.45) is -1.79. The van der Waals surface area contributed by atoms with E-state index in [0.29, 0.717) is 22.6 Å². The third kappa shape index (κ3) is 8.13. The lowest BCUT2D eigenvalue weighted by Gasteiger charge is -2.13. The Kier molecular flexibility index (Phi) is 9.38. The van der Waals surface area contributed by atoms with Crippen LogP contribution < -0.4 is 9.47 Å². The van der Waals surface area contributed by atoms with Gasteiger partial charge in [0.15, 0.2) is 11.6 Å². The Bertz CT molecular complexity index is 864. The highest BCUT2D eigenvalue weighted by Gasteiger charge is 2.13. The Labute approximate surface area is 188 Å². The zero-order valence-corrected chi connectivity index (χ0v) is 18.5. The van der Waals surface area contributed by atoms with Crippen LogP contribution in [0.25, 0.3) is 11.1 Å². The molecule has 2 unspecified atom stereocenters. The Morgan fingerprint density at radius 3 is 1.31 bits per heavy atom. The monoisotopic (exact) mass is 438 g/mol. The number of ether oxygens (including phenoxy) is 2. The summed E-state index contributed by atoms with van der Waals surface area (Å²) in [5.74, 6) is 0.820. The van der Waals surface area contributed by atoms with E-state index in [0.717, 1.165) is 11.1 Å². The van der Waals surface area contributed by atoms with Crippen molar-refractivity contribution in [1.29, 1.82) is 0 Å². The van der Waals surface area contributed by atoms with Gasteiger partial charge in [0.25, 0.3) is 0 Å². The van der Waals surface area contributed by atoms with Gasteiger partial charge in [-0.3, -0.25) is 9.59 Å². The van der Waals surface area contributed by atoms with E-state index < -0.39 is 12.2 Å². The van der Waals surface area contributed by atoms with Gasteiger partial charge >= 0.3 is 0 Å². The quantitative estimate of drug-likeness (QED) is 0.461. The summed E-state index contributed by atoms with van der Waals surface area (Å²) < 4.78 is 11.1. The molecule has 0 fully saturated rings. The van der Waals surface area contributed by atoms with Gasteiger partial charge in [0, 0.05) is 12.8 Å². The van der Waals surface area contributed by atoms with Gasteiger partial charge in [-0.1, -0.05) is 37.4 Å². The minimum atomic E-state index is -0.885. The van der Waals surface area contributed by atoms with Crippen LogP contribution >= 0.6 is 0 Å². The van der Waals surface area contributed by atoms with Crippen molar-refractivity contribution in [3.63, 3.8) is 0 Å². The fraction of sp³-hybridized carbons (Fsp3) is 0.308. The van der Waals surface area contributed by atoms with E-state index in [4.69, 9.17) is 9.47 Å². The lowest BCUT2D eigenvalue weighted by Crippen LogP contribution is -2.21. The van der Waals surface area contributed by atoms with Gasteiger partial charge in [-0.25, -0.2) is 0 Å². The average molecular weight is 439 g/mol. The summed E-state index contributed by atoms with van der Waals surface area (Å²) in [5.41, 5.74) is 2.76. The fourth-order valence-corrected chi connectivity index (χ4v) is 2.77. The number of benzene rings is 2. The molecule has 0 aliphatic heterocycles. The molecule has 0 spiro atoms. The van der Waals surface area contributed by atoms with Gasteiger partial charge < -0.3 is 19.7 Å². The first kappa shape index (κ1) is 25.0. The molecule has 2 atom stereocenters. The van der Waals surface area contributed by atoms with E-state index in [2.05, 4.69) is 13.2 Å². The summed E-state index contributed by atoms with van der Waals surface area (Å²) in [4.78, 5) is 23.2. The predicted octanol–water partition coefficient (Wildman–Crippen LogP) is 3.90. The van der Waals surface area contributed by atoms with E-state index in [9.17, 15) is 19.8 Å². The minimum absolute atomic E-state index is 0.0108. The summed E-state index contributed by atoms with van der Waals surface area (Å²) in [7, 11) is 0. The molecule has 0 aliphatic rings. The molecule has 0 radical (unpaired) electrons. The van der Waals surface area contributed by atoms with Crippen molar-refractivity contribution in [1.82, 2.24) is 0 Å². The average Bonchev–Trinajstić information content (AvgIpc) is 2.76. The topological polar surface area (TPSA) is 93.1 Å². The number of ketones is 2. The van der Waals surface area contributed by atoms with Crippen molar-refractivity contribution >= 4 is 11.6 Å². The molecule has 170 valence electrons. The lowest BCUT2D eigenvalue weighted by atomic mass is 10.1. The molecule has 32 heavy (non-hydrogen) atoms. The van der Waals surface area contributed by atoms with Gasteiger partial charge in [0.1, 0.15) is 24.7 Å². The Hall–Kier alpha value is -3.22. The standard InChI is InChI=1S/C26H30O6/c1-17(2)25(29)13-21(27)15-31-23-9-5-19(6-10-23)20-7-11-24(12-8-20)32-16-22(28)14-26(30)18(3)4/h5-12,21-22,27-28H,1,3,13-16H2,2,4H3. The predicted molar refractivity (Wildman–Crippen MR) is 124 cm³/mol. The fourth-order valence-electron chi connectivity index (χ4n) is 2.77. The molecule has 0 amide bonds. The summed E-state index contributed by atoms with van der Waals surface area (Å²) in [6, 6.07) is 14.7. The summed E-state index contributed by atoms with van der Waals surface area (Å²) in [6.45, 7) is 10.4. The Balaban J connectivity index is 1.85. The van der Waals surface area contributed by atoms with E-state index >= 15 is 0 Å². The van der Waals surface area contributed by atoms with Crippen molar-refractivity contribution in [3.05, 3.63) is 72.8 Å². The molecule has 2 rings (SSSR count). The molecule has 6 heteroatoms. The zero-order chi connectivity index (χ0) is 23.7. The Morgan fingerprint density at radius 1 is 0.719 bits per heavy atom. The minimum Gasteiger partial charge on any atom is -0.491 e. The first-order valence-electron chi connectivity index (χ1n) is 10.4. The van der Waals surface area contributed by atoms with E-state index in [1.807, 2.05) is 24.3 Å². The molecule has 2 aromatic rings. The number of carbonyl (C=O) groups is 2. The molecular weight excluding hydrogens is 408 g/mol.